The smallest absolute Gasteiger partial charge is 0.327 e. The topological polar surface area (TPSA) is 81.7 Å². The summed E-state index contributed by atoms with van der Waals surface area (Å²) in [6.45, 7) is 4.48. The molecule has 2 atom stereocenters. The van der Waals surface area contributed by atoms with E-state index in [1.807, 2.05) is 21.0 Å². The molecule has 0 aromatic carbocycles. The van der Waals surface area contributed by atoms with E-state index < -0.39 is 12.0 Å². The summed E-state index contributed by atoms with van der Waals surface area (Å²) >= 11 is 0. The van der Waals surface area contributed by atoms with Gasteiger partial charge in [0.1, 0.15) is 6.04 Å². The summed E-state index contributed by atoms with van der Waals surface area (Å²) < 4.78 is 0. The van der Waals surface area contributed by atoms with E-state index >= 15 is 0 Å². The summed E-state index contributed by atoms with van der Waals surface area (Å²) in [5.41, 5.74) is 0. The Labute approximate surface area is 102 Å². The molecule has 0 spiro atoms. The summed E-state index contributed by atoms with van der Waals surface area (Å²) in [6.07, 6.45) is 0.930. The van der Waals surface area contributed by atoms with Crippen LogP contribution < -0.4 is 10.6 Å². The zero-order valence-electron chi connectivity index (χ0n) is 11.0. The molecular weight excluding hydrogens is 222 g/mol. The number of aliphatic carboxylic acids is 1. The summed E-state index contributed by atoms with van der Waals surface area (Å²) in [7, 11) is 3.98. The maximum atomic E-state index is 10.9. The number of hydrogen-bond donors (Lipinski definition) is 3. The van der Waals surface area contributed by atoms with Gasteiger partial charge in [-0.05, 0) is 34.0 Å². The minimum atomic E-state index is -1.02. The van der Waals surface area contributed by atoms with E-state index in [0.717, 1.165) is 13.0 Å². The van der Waals surface area contributed by atoms with Crippen molar-refractivity contribution in [1.82, 2.24) is 15.5 Å². The summed E-state index contributed by atoms with van der Waals surface area (Å²) in [5, 5.41) is 14.4. The average Bonchev–Trinajstić information content (AvgIpc) is 2.20. The second-order valence-electron chi connectivity index (χ2n) is 4.49. The molecule has 6 heteroatoms. The van der Waals surface area contributed by atoms with Crippen LogP contribution in [0.1, 0.15) is 20.3 Å². The van der Waals surface area contributed by atoms with E-state index in [1.165, 1.54) is 6.92 Å². The van der Waals surface area contributed by atoms with Gasteiger partial charge in [-0.3, -0.25) is 4.79 Å². The van der Waals surface area contributed by atoms with Crippen LogP contribution >= 0.6 is 0 Å². The first-order valence-corrected chi connectivity index (χ1v) is 5.71. The molecule has 0 aliphatic rings. The van der Waals surface area contributed by atoms with Crippen molar-refractivity contribution in [1.29, 1.82) is 0 Å². The molecule has 1 amide bonds. The van der Waals surface area contributed by atoms with E-state index in [1.54, 1.807) is 0 Å². The Balaban J connectivity index is 3.95. The molecule has 17 heavy (non-hydrogen) atoms. The molecule has 0 aromatic rings. The molecule has 0 aliphatic heterocycles. The molecule has 0 rings (SSSR count). The molecule has 0 bridgehead atoms. The van der Waals surface area contributed by atoms with E-state index in [2.05, 4.69) is 15.5 Å². The first-order chi connectivity index (χ1) is 7.82. The number of rotatable bonds is 8. The van der Waals surface area contributed by atoms with Crippen molar-refractivity contribution in [2.24, 2.45) is 0 Å². The average molecular weight is 245 g/mol. The number of amides is 1. The molecule has 0 saturated heterocycles. The Morgan fingerprint density at radius 3 is 2.35 bits per heavy atom. The van der Waals surface area contributed by atoms with Gasteiger partial charge in [0.2, 0.25) is 5.91 Å². The van der Waals surface area contributed by atoms with E-state index in [4.69, 9.17) is 5.11 Å². The lowest BCUT2D eigenvalue weighted by atomic mass is 10.2. The van der Waals surface area contributed by atoms with Gasteiger partial charge in [-0.15, -0.1) is 0 Å². The van der Waals surface area contributed by atoms with Crippen LogP contribution in [0, 0.1) is 0 Å². The number of carbonyl (C=O) groups is 2. The van der Waals surface area contributed by atoms with Gasteiger partial charge in [-0.25, -0.2) is 4.79 Å². The Kier molecular flexibility index (Phi) is 7.49. The van der Waals surface area contributed by atoms with Crippen molar-refractivity contribution in [2.75, 3.05) is 27.2 Å². The number of carbonyl (C=O) groups excluding carboxylic acids is 1. The molecule has 0 heterocycles. The molecule has 0 saturated carbocycles. The summed E-state index contributed by atoms with van der Waals surface area (Å²) in [4.78, 5) is 23.7. The van der Waals surface area contributed by atoms with Gasteiger partial charge in [-0.2, -0.15) is 0 Å². The number of nitrogens with one attached hydrogen (secondary N) is 2. The summed E-state index contributed by atoms with van der Waals surface area (Å²) in [6, 6.07) is -0.651. The Hall–Kier alpha value is -1.14. The molecular formula is C11H23N3O3. The van der Waals surface area contributed by atoms with Crippen molar-refractivity contribution in [3.05, 3.63) is 0 Å². The van der Waals surface area contributed by atoms with Gasteiger partial charge in [-0.1, -0.05) is 0 Å². The van der Waals surface area contributed by atoms with E-state index in [0.29, 0.717) is 0 Å². The number of carboxylic acids is 1. The maximum absolute atomic E-state index is 10.9. The predicted molar refractivity (Wildman–Crippen MR) is 65.9 cm³/mol. The minimum absolute atomic E-state index is 0.216. The molecule has 0 fully saturated rings. The minimum Gasteiger partial charge on any atom is -0.480 e. The number of carboxylic acid groups (broad SMARTS) is 1. The quantitative estimate of drug-likeness (QED) is 0.537. The normalized spacial score (nSPS) is 14.4. The highest BCUT2D eigenvalue weighted by molar-refractivity contribution is 5.82. The highest BCUT2D eigenvalue weighted by atomic mass is 16.4. The van der Waals surface area contributed by atoms with Gasteiger partial charge < -0.3 is 20.6 Å². The lowest BCUT2D eigenvalue weighted by Crippen LogP contribution is -2.48. The van der Waals surface area contributed by atoms with Gasteiger partial charge in [0.05, 0.1) is 0 Å². The molecule has 6 nitrogen and oxygen atoms in total. The predicted octanol–water partition coefficient (Wildman–Crippen LogP) is -0.494. The van der Waals surface area contributed by atoms with Crippen LogP contribution in [0.5, 0.6) is 0 Å². The zero-order valence-corrected chi connectivity index (χ0v) is 11.0. The molecule has 0 aliphatic carbocycles. The standard InChI is InChI=1S/C11H23N3O3/c1-8(5-6-14(3)4)12-7-10(11(16)17)13-9(2)15/h8,10,12H,5-7H2,1-4H3,(H,13,15)(H,16,17). The monoisotopic (exact) mass is 245 g/mol. The highest BCUT2D eigenvalue weighted by Crippen LogP contribution is 1.93. The Morgan fingerprint density at radius 2 is 1.94 bits per heavy atom. The lowest BCUT2D eigenvalue weighted by Gasteiger charge is -2.19. The Bertz CT molecular complexity index is 256. The fourth-order valence-electron chi connectivity index (χ4n) is 1.32. The van der Waals surface area contributed by atoms with Crippen LogP contribution in [0.3, 0.4) is 0 Å². The molecule has 2 unspecified atom stereocenters. The van der Waals surface area contributed by atoms with Crippen LogP contribution in [0.15, 0.2) is 0 Å². The third kappa shape index (κ3) is 8.65. The molecule has 0 aromatic heterocycles. The van der Waals surface area contributed by atoms with Crippen LogP contribution in [0.4, 0.5) is 0 Å². The van der Waals surface area contributed by atoms with Gasteiger partial charge >= 0.3 is 5.97 Å². The zero-order chi connectivity index (χ0) is 13.4. The van der Waals surface area contributed by atoms with Gasteiger partial charge in [0.25, 0.3) is 0 Å². The van der Waals surface area contributed by atoms with Crippen molar-refractivity contribution < 1.29 is 14.7 Å². The largest absolute Gasteiger partial charge is 0.480 e. The van der Waals surface area contributed by atoms with Gasteiger partial charge in [0, 0.05) is 19.5 Å². The third-order valence-electron chi connectivity index (χ3n) is 2.36. The fraction of sp³-hybridized carbons (Fsp3) is 0.818. The number of hydrogen-bond acceptors (Lipinski definition) is 4. The van der Waals surface area contributed by atoms with Crippen molar-refractivity contribution in [3.63, 3.8) is 0 Å². The Morgan fingerprint density at radius 1 is 1.35 bits per heavy atom. The highest BCUT2D eigenvalue weighted by Gasteiger charge is 2.18. The first-order valence-electron chi connectivity index (χ1n) is 5.71. The van der Waals surface area contributed by atoms with Crippen LogP contribution in [-0.4, -0.2) is 61.2 Å². The molecule has 0 radical (unpaired) electrons. The number of nitrogens with zero attached hydrogens (tertiary/aromatic N) is 1. The van der Waals surface area contributed by atoms with Crippen LogP contribution in [-0.2, 0) is 9.59 Å². The fourth-order valence-corrected chi connectivity index (χ4v) is 1.32. The third-order valence-corrected chi connectivity index (χ3v) is 2.36. The lowest BCUT2D eigenvalue weighted by molar-refractivity contribution is -0.141. The molecule has 100 valence electrons. The van der Waals surface area contributed by atoms with Gasteiger partial charge in [0.15, 0.2) is 0 Å². The molecule has 3 N–H and O–H groups in total. The first kappa shape index (κ1) is 15.9. The summed E-state index contributed by atoms with van der Waals surface area (Å²) in [5.74, 6) is -1.35. The SMILES string of the molecule is CC(=O)NC(CNC(C)CCN(C)C)C(=O)O. The van der Waals surface area contributed by atoms with E-state index in [-0.39, 0.29) is 18.5 Å². The van der Waals surface area contributed by atoms with Crippen molar-refractivity contribution in [3.8, 4) is 0 Å². The second kappa shape index (κ2) is 8.03. The van der Waals surface area contributed by atoms with Crippen LogP contribution in [0.25, 0.3) is 0 Å². The van der Waals surface area contributed by atoms with Crippen LogP contribution in [0.2, 0.25) is 0 Å². The maximum Gasteiger partial charge on any atom is 0.327 e. The second-order valence-corrected chi connectivity index (χ2v) is 4.49. The van der Waals surface area contributed by atoms with E-state index in [9.17, 15) is 9.59 Å². The van der Waals surface area contributed by atoms with Crippen molar-refractivity contribution >= 4 is 11.9 Å². The van der Waals surface area contributed by atoms with Crippen molar-refractivity contribution in [2.45, 2.75) is 32.4 Å².